The molecule has 0 aliphatic rings. The van der Waals surface area contributed by atoms with Crippen molar-refractivity contribution >= 4 is 25.3 Å². The molecule has 0 spiro atoms. The van der Waals surface area contributed by atoms with E-state index in [-0.39, 0.29) is 0 Å². The zero-order valence-corrected chi connectivity index (χ0v) is 8.65. The van der Waals surface area contributed by atoms with Gasteiger partial charge in [-0.1, -0.05) is 0 Å². The molecule has 12 heavy (non-hydrogen) atoms. The van der Waals surface area contributed by atoms with E-state index in [9.17, 15) is 0 Å². The maximum absolute atomic E-state index is 5.06. The average molecular weight is 202 g/mol. The average Bonchev–Trinajstić information content (AvgIpc) is 2.09. The van der Waals surface area contributed by atoms with E-state index in [1.807, 2.05) is 0 Å². The van der Waals surface area contributed by atoms with Crippen LogP contribution in [0, 0.1) is 0 Å². The lowest BCUT2D eigenvalue weighted by molar-refractivity contribution is 0.353. The number of methoxy groups -OCH3 is 2. The van der Waals surface area contributed by atoms with Crippen LogP contribution in [-0.2, 0) is 0 Å². The summed E-state index contributed by atoms with van der Waals surface area (Å²) >= 11 is 8.39. The number of hydrogen-bond acceptors (Lipinski definition) is 4. The fourth-order valence-corrected chi connectivity index (χ4v) is 1.22. The second kappa shape index (κ2) is 3.96. The predicted octanol–water partition coefficient (Wildman–Crippen LogP) is 2.28. The van der Waals surface area contributed by atoms with Crippen LogP contribution < -0.4 is 9.47 Å². The second-order valence-corrected chi connectivity index (χ2v) is 3.16. The van der Waals surface area contributed by atoms with Crippen LogP contribution in [0.25, 0.3) is 0 Å². The first kappa shape index (κ1) is 9.61. The van der Waals surface area contributed by atoms with E-state index < -0.39 is 0 Å². The lowest BCUT2D eigenvalue weighted by atomic mass is 10.3. The fourth-order valence-electron chi connectivity index (χ4n) is 0.858. The van der Waals surface area contributed by atoms with Gasteiger partial charge in [0.15, 0.2) is 11.5 Å². The molecule has 2 nitrogen and oxygen atoms in total. The summed E-state index contributed by atoms with van der Waals surface area (Å²) in [6.45, 7) is 0. The quantitative estimate of drug-likeness (QED) is 0.717. The molecule has 0 fully saturated rings. The van der Waals surface area contributed by atoms with E-state index in [1.165, 1.54) is 0 Å². The first-order valence-electron chi connectivity index (χ1n) is 3.33. The Hall–Kier alpha value is -0.480. The Bertz CT molecular complexity index is 258. The van der Waals surface area contributed by atoms with Gasteiger partial charge < -0.3 is 9.47 Å². The zero-order valence-electron chi connectivity index (χ0n) is 6.87. The molecule has 0 saturated heterocycles. The predicted molar refractivity (Wildman–Crippen MR) is 54.1 cm³/mol. The highest BCUT2D eigenvalue weighted by Gasteiger charge is 2.05. The molecule has 0 saturated carbocycles. The third kappa shape index (κ3) is 1.81. The minimum Gasteiger partial charge on any atom is -0.493 e. The van der Waals surface area contributed by atoms with Gasteiger partial charge in [0.25, 0.3) is 0 Å². The number of ether oxygens (including phenoxy) is 2. The summed E-state index contributed by atoms with van der Waals surface area (Å²) in [4.78, 5) is 1.55. The highest BCUT2D eigenvalue weighted by Crippen LogP contribution is 2.33. The van der Waals surface area contributed by atoms with E-state index in [0.29, 0.717) is 11.5 Å². The largest absolute Gasteiger partial charge is 0.493 e. The van der Waals surface area contributed by atoms with Gasteiger partial charge in [-0.25, -0.2) is 0 Å². The van der Waals surface area contributed by atoms with Crippen molar-refractivity contribution < 1.29 is 9.47 Å². The van der Waals surface area contributed by atoms with Gasteiger partial charge in [0, 0.05) is 9.79 Å². The summed E-state index contributed by atoms with van der Waals surface area (Å²) in [5.74, 6) is 1.33. The van der Waals surface area contributed by atoms with Gasteiger partial charge in [0.2, 0.25) is 0 Å². The molecule has 1 aromatic carbocycles. The first-order chi connectivity index (χ1) is 5.69. The zero-order chi connectivity index (χ0) is 9.14. The van der Waals surface area contributed by atoms with Crippen molar-refractivity contribution in [2.45, 2.75) is 9.79 Å². The first-order valence-corrected chi connectivity index (χ1v) is 4.22. The fraction of sp³-hybridized carbons (Fsp3) is 0.250. The Kier molecular flexibility index (Phi) is 3.17. The monoisotopic (exact) mass is 202 g/mol. The summed E-state index contributed by atoms with van der Waals surface area (Å²) in [7, 11) is 3.17. The Labute approximate surface area is 82.7 Å². The Morgan fingerprint density at radius 1 is 0.917 bits per heavy atom. The third-order valence-corrected chi connectivity index (χ3v) is 2.40. The van der Waals surface area contributed by atoms with Crippen LogP contribution in [0.5, 0.6) is 11.5 Å². The lowest BCUT2D eigenvalue weighted by Gasteiger charge is -2.08. The normalized spacial score (nSPS) is 9.67. The van der Waals surface area contributed by atoms with Crippen LogP contribution in [0.15, 0.2) is 21.9 Å². The van der Waals surface area contributed by atoms with Gasteiger partial charge in [-0.2, -0.15) is 0 Å². The van der Waals surface area contributed by atoms with Crippen LogP contribution in [0.4, 0.5) is 0 Å². The van der Waals surface area contributed by atoms with Crippen molar-refractivity contribution in [3.05, 3.63) is 12.1 Å². The van der Waals surface area contributed by atoms with Crippen LogP contribution in [0.2, 0.25) is 0 Å². The van der Waals surface area contributed by atoms with Crippen LogP contribution in [0.1, 0.15) is 0 Å². The highest BCUT2D eigenvalue weighted by molar-refractivity contribution is 7.83. The summed E-state index contributed by atoms with van der Waals surface area (Å²) in [6, 6.07) is 3.54. The van der Waals surface area contributed by atoms with Gasteiger partial charge in [0.1, 0.15) is 0 Å². The van der Waals surface area contributed by atoms with Crippen molar-refractivity contribution in [1.29, 1.82) is 0 Å². The molecule has 0 aliphatic heterocycles. The molecule has 66 valence electrons. The molecule has 4 heteroatoms. The number of hydrogen-bond donors (Lipinski definition) is 2. The molecule has 1 aromatic rings. The maximum Gasteiger partial charge on any atom is 0.161 e. The SMILES string of the molecule is COc1cc(S)c(S)cc1OC. The Morgan fingerprint density at radius 2 is 1.25 bits per heavy atom. The van der Waals surface area contributed by atoms with Crippen LogP contribution in [0.3, 0.4) is 0 Å². The van der Waals surface area contributed by atoms with Crippen molar-refractivity contribution in [3.8, 4) is 11.5 Å². The van der Waals surface area contributed by atoms with E-state index >= 15 is 0 Å². The van der Waals surface area contributed by atoms with E-state index in [4.69, 9.17) is 9.47 Å². The van der Waals surface area contributed by atoms with Gasteiger partial charge in [-0.05, 0) is 12.1 Å². The maximum atomic E-state index is 5.06. The molecule has 0 N–H and O–H groups in total. The molecule has 0 unspecified atom stereocenters. The second-order valence-electron chi connectivity index (χ2n) is 2.20. The molecule has 0 heterocycles. The highest BCUT2D eigenvalue weighted by atomic mass is 32.1. The molecular weight excluding hydrogens is 192 g/mol. The molecule has 0 atom stereocenters. The minimum atomic E-state index is 0.667. The number of thiol groups is 2. The van der Waals surface area contributed by atoms with Crippen molar-refractivity contribution in [2.75, 3.05) is 14.2 Å². The minimum absolute atomic E-state index is 0.667. The van der Waals surface area contributed by atoms with E-state index in [0.717, 1.165) is 9.79 Å². The smallest absolute Gasteiger partial charge is 0.161 e. The molecule has 0 bridgehead atoms. The summed E-state index contributed by atoms with van der Waals surface area (Å²) in [6.07, 6.45) is 0. The number of benzene rings is 1. The van der Waals surface area contributed by atoms with E-state index in [1.54, 1.807) is 26.4 Å². The van der Waals surface area contributed by atoms with E-state index in [2.05, 4.69) is 25.3 Å². The van der Waals surface area contributed by atoms with Gasteiger partial charge in [-0.3, -0.25) is 0 Å². The van der Waals surface area contributed by atoms with Crippen molar-refractivity contribution in [2.24, 2.45) is 0 Å². The van der Waals surface area contributed by atoms with Crippen LogP contribution in [-0.4, -0.2) is 14.2 Å². The van der Waals surface area contributed by atoms with Gasteiger partial charge in [-0.15, -0.1) is 25.3 Å². The molecule has 0 aromatic heterocycles. The van der Waals surface area contributed by atoms with Gasteiger partial charge >= 0.3 is 0 Å². The molecule has 1 rings (SSSR count). The molecule has 0 aliphatic carbocycles. The van der Waals surface area contributed by atoms with Crippen molar-refractivity contribution in [3.63, 3.8) is 0 Å². The Morgan fingerprint density at radius 3 is 1.50 bits per heavy atom. The standard InChI is InChI=1S/C8H10O2S2/c1-9-5-3-7(11)8(12)4-6(5)10-2/h3-4,11-12H,1-2H3. The lowest BCUT2D eigenvalue weighted by Crippen LogP contribution is -1.90. The van der Waals surface area contributed by atoms with Gasteiger partial charge in [0.05, 0.1) is 14.2 Å². The molecule has 0 amide bonds. The summed E-state index contributed by atoms with van der Waals surface area (Å²) < 4.78 is 10.1. The van der Waals surface area contributed by atoms with Crippen LogP contribution >= 0.6 is 25.3 Å². The molecular formula is C8H10O2S2. The third-order valence-electron chi connectivity index (χ3n) is 1.48. The summed E-state index contributed by atoms with van der Waals surface area (Å²) in [5.41, 5.74) is 0. The Balaban J connectivity index is 3.19. The summed E-state index contributed by atoms with van der Waals surface area (Å²) in [5, 5.41) is 0. The van der Waals surface area contributed by atoms with Crippen molar-refractivity contribution in [1.82, 2.24) is 0 Å². The topological polar surface area (TPSA) is 18.5 Å². The number of rotatable bonds is 2. The molecule has 0 radical (unpaired) electrons.